The smallest absolute Gasteiger partial charge is 0.387 e. The Hall–Kier alpha value is -1.33. The monoisotopic (exact) mass is 281 g/mol. The Morgan fingerprint density at radius 1 is 1.47 bits per heavy atom. The predicted octanol–water partition coefficient (Wildman–Crippen LogP) is 3.16. The third-order valence-corrected chi connectivity index (χ3v) is 2.00. The highest BCUT2D eigenvalue weighted by Crippen LogP contribution is 2.32. The van der Waals surface area contributed by atoms with Crippen LogP contribution in [0.25, 0.3) is 0 Å². The number of aliphatic imine (C=N–C) groups is 1. The molecule has 0 bridgehead atoms. The standard InChI is InChI=1S/C8H3BrF3NO2/c9-4-1-6(13-3-14)5(10)2-7(4)15-8(11)12/h1-2,8H. The average Bonchev–Trinajstić information content (AvgIpc) is 2.13. The summed E-state index contributed by atoms with van der Waals surface area (Å²) < 4.78 is 40.8. The second-order valence-electron chi connectivity index (χ2n) is 2.32. The van der Waals surface area contributed by atoms with E-state index in [4.69, 9.17) is 0 Å². The van der Waals surface area contributed by atoms with Gasteiger partial charge in [0.2, 0.25) is 6.08 Å². The molecule has 0 amide bonds. The average molecular weight is 282 g/mol. The minimum atomic E-state index is -3.05. The Balaban J connectivity index is 3.13. The second kappa shape index (κ2) is 4.95. The van der Waals surface area contributed by atoms with E-state index in [0.29, 0.717) is 6.07 Å². The van der Waals surface area contributed by atoms with Gasteiger partial charge in [-0.05, 0) is 22.0 Å². The van der Waals surface area contributed by atoms with Gasteiger partial charge in [0.25, 0.3) is 0 Å². The van der Waals surface area contributed by atoms with Gasteiger partial charge in [-0.2, -0.15) is 13.8 Å². The lowest BCUT2D eigenvalue weighted by molar-refractivity contribution is -0.0505. The summed E-state index contributed by atoms with van der Waals surface area (Å²) >= 11 is 2.86. The van der Waals surface area contributed by atoms with Crippen LogP contribution in [0.3, 0.4) is 0 Å². The van der Waals surface area contributed by atoms with Crippen LogP contribution in [-0.2, 0) is 4.79 Å². The quantitative estimate of drug-likeness (QED) is 0.631. The number of carbonyl (C=O) groups excluding carboxylic acids is 1. The van der Waals surface area contributed by atoms with Crippen molar-refractivity contribution in [1.29, 1.82) is 0 Å². The Labute approximate surface area is 90.7 Å². The van der Waals surface area contributed by atoms with Crippen LogP contribution >= 0.6 is 15.9 Å². The fourth-order valence-corrected chi connectivity index (χ4v) is 1.26. The molecule has 1 aromatic carbocycles. The van der Waals surface area contributed by atoms with Crippen molar-refractivity contribution in [2.75, 3.05) is 0 Å². The van der Waals surface area contributed by atoms with Crippen molar-refractivity contribution in [3.8, 4) is 5.75 Å². The highest BCUT2D eigenvalue weighted by Gasteiger charge is 2.12. The van der Waals surface area contributed by atoms with Crippen molar-refractivity contribution >= 4 is 27.7 Å². The zero-order chi connectivity index (χ0) is 11.4. The molecule has 7 heteroatoms. The van der Waals surface area contributed by atoms with Crippen LogP contribution in [0.5, 0.6) is 5.75 Å². The minimum Gasteiger partial charge on any atom is -0.434 e. The van der Waals surface area contributed by atoms with Gasteiger partial charge in [-0.3, -0.25) is 0 Å². The molecular formula is C8H3BrF3NO2. The molecule has 0 spiro atoms. The summed E-state index contributed by atoms with van der Waals surface area (Å²) in [7, 11) is 0. The van der Waals surface area contributed by atoms with E-state index >= 15 is 0 Å². The van der Waals surface area contributed by atoms with Gasteiger partial charge in [-0.25, -0.2) is 9.18 Å². The Bertz CT molecular complexity index is 419. The third kappa shape index (κ3) is 3.07. The van der Waals surface area contributed by atoms with E-state index in [-0.39, 0.29) is 15.9 Å². The van der Waals surface area contributed by atoms with Crippen molar-refractivity contribution in [2.45, 2.75) is 6.61 Å². The van der Waals surface area contributed by atoms with E-state index in [0.717, 1.165) is 12.1 Å². The zero-order valence-electron chi connectivity index (χ0n) is 7.01. The topological polar surface area (TPSA) is 38.7 Å². The van der Waals surface area contributed by atoms with Crippen LogP contribution in [0, 0.1) is 5.82 Å². The predicted molar refractivity (Wildman–Crippen MR) is 48.5 cm³/mol. The minimum absolute atomic E-state index is 0.0678. The number of hydrogen-bond acceptors (Lipinski definition) is 3. The molecule has 0 aliphatic rings. The van der Waals surface area contributed by atoms with Crippen LogP contribution in [0.1, 0.15) is 0 Å². The lowest BCUT2D eigenvalue weighted by Gasteiger charge is -2.07. The molecule has 0 aliphatic carbocycles. The molecule has 3 nitrogen and oxygen atoms in total. The number of ether oxygens (including phenoxy) is 1. The van der Waals surface area contributed by atoms with E-state index in [9.17, 15) is 18.0 Å². The van der Waals surface area contributed by atoms with E-state index in [1.807, 2.05) is 0 Å². The van der Waals surface area contributed by atoms with Gasteiger partial charge in [0, 0.05) is 6.07 Å². The summed E-state index contributed by atoms with van der Waals surface area (Å²) in [6, 6.07) is 1.74. The van der Waals surface area contributed by atoms with E-state index < -0.39 is 12.4 Å². The van der Waals surface area contributed by atoms with Crippen molar-refractivity contribution < 1.29 is 22.7 Å². The summed E-state index contributed by atoms with van der Waals surface area (Å²) in [6.45, 7) is -3.05. The molecule has 15 heavy (non-hydrogen) atoms. The number of halogens is 4. The highest BCUT2D eigenvalue weighted by molar-refractivity contribution is 9.10. The van der Waals surface area contributed by atoms with Crippen molar-refractivity contribution in [3.63, 3.8) is 0 Å². The summed E-state index contributed by atoms with van der Waals surface area (Å²) in [4.78, 5) is 12.9. The number of rotatable bonds is 3. The number of benzene rings is 1. The van der Waals surface area contributed by atoms with Crippen molar-refractivity contribution in [3.05, 3.63) is 22.4 Å². The maximum Gasteiger partial charge on any atom is 0.387 e. The van der Waals surface area contributed by atoms with Crippen LogP contribution in [-0.4, -0.2) is 12.7 Å². The molecule has 0 unspecified atom stereocenters. The lowest BCUT2D eigenvalue weighted by atomic mass is 10.3. The molecule has 0 N–H and O–H groups in total. The molecule has 0 radical (unpaired) electrons. The first-order valence-electron chi connectivity index (χ1n) is 3.56. The summed E-state index contributed by atoms with van der Waals surface area (Å²) in [5.74, 6) is -1.32. The molecule has 0 fully saturated rings. The molecule has 0 aromatic heterocycles. The SMILES string of the molecule is O=C=Nc1cc(Br)c(OC(F)F)cc1F. The van der Waals surface area contributed by atoms with Gasteiger partial charge in [0.05, 0.1) is 4.47 Å². The molecule has 0 saturated carbocycles. The van der Waals surface area contributed by atoms with Crippen molar-refractivity contribution in [1.82, 2.24) is 0 Å². The van der Waals surface area contributed by atoms with Crippen LogP contribution < -0.4 is 4.74 Å². The van der Waals surface area contributed by atoms with E-state index in [2.05, 4.69) is 25.7 Å². The molecule has 0 saturated heterocycles. The number of isocyanates is 1. The molecule has 80 valence electrons. The second-order valence-corrected chi connectivity index (χ2v) is 3.17. The van der Waals surface area contributed by atoms with Gasteiger partial charge < -0.3 is 4.74 Å². The fourth-order valence-electron chi connectivity index (χ4n) is 0.839. The highest BCUT2D eigenvalue weighted by atomic mass is 79.9. The number of nitrogens with zero attached hydrogens (tertiary/aromatic N) is 1. The maximum absolute atomic E-state index is 13.0. The first-order valence-corrected chi connectivity index (χ1v) is 4.35. The largest absolute Gasteiger partial charge is 0.434 e. The first kappa shape index (κ1) is 11.7. The van der Waals surface area contributed by atoms with Gasteiger partial charge in [-0.1, -0.05) is 0 Å². The molecule has 1 aromatic rings. The maximum atomic E-state index is 13.0. The van der Waals surface area contributed by atoms with Gasteiger partial charge >= 0.3 is 6.61 Å². The fraction of sp³-hybridized carbons (Fsp3) is 0.125. The number of alkyl halides is 2. The Morgan fingerprint density at radius 2 is 2.13 bits per heavy atom. The van der Waals surface area contributed by atoms with Gasteiger partial charge in [0.15, 0.2) is 5.82 Å². The van der Waals surface area contributed by atoms with Gasteiger partial charge in [-0.15, -0.1) is 0 Å². The molecular weight excluding hydrogens is 279 g/mol. The van der Waals surface area contributed by atoms with Crippen LogP contribution in [0.4, 0.5) is 18.9 Å². The van der Waals surface area contributed by atoms with Crippen molar-refractivity contribution in [2.24, 2.45) is 4.99 Å². The van der Waals surface area contributed by atoms with Crippen LogP contribution in [0.15, 0.2) is 21.6 Å². The normalized spacial score (nSPS) is 9.93. The lowest BCUT2D eigenvalue weighted by Crippen LogP contribution is -2.02. The summed E-state index contributed by atoms with van der Waals surface area (Å²) in [5.41, 5.74) is -0.307. The Morgan fingerprint density at radius 3 is 2.67 bits per heavy atom. The molecule has 0 atom stereocenters. The first-order chi connectivity index (χ1) is 7.04. The van der Waals surface area contributed by atoms with E-state index in [1.165, 1.54) is 0 Å². The number of hydrogen-bond donors (Lipinski definition) is 0. The van der Waals surface area contributed by atoms with Gasteiger partial charge in [0.1, 0.15) is 11.4 Å². The van der Waals surface area contributed by atoms with Crippen LogP contribution in [0.2, 0.25) is 0 Å². The third-order valence-electron chi connectivity index (χ3n) is 1.38. The Kier molecular flexibility index (Phi) is 3.88. The zero-order valence-corrected chi connectivity index (χ0v) is 8.59. The molecule has 1 rings (SSSR count). The molecule has 0 aliphatic heterocycles. The summed E-state index contributed by atoms with van der Waals surface area (Å²) in [6.07, 6.45) is 1.14. The summed E-state index contributed by atoms with van der Waals surface area (Å²) in [5, 5.41) is 0. The molecule has 0 heterocycles. The van der Waals surface area contributed by atoms with E-state index in [1.54, 1.807) is 0 Å².